The molecule has 3 aromatic rings. The van der Waals surface area contributed by atoms with Crippen molar-refractivity contribution >= 4 is 34.8 Å². The number of carboxylic acids is 1. The van der Waals surface area contributed by atoms with Crippen LogP contribution in [0.15, 0.2) is 38.7 Å². The lowest BCUT2D eigenvalue weighted by molar-refractivity contribution is 0.0694. The van der Waals surface area contributed by atoms with Crippen LogP contribution in [0.25, 0.3) is 10.9 Å². The lowest BCUT2D eigenvalue weighted by atomic mass is 10.1. The molecule has 1 saturated heterocycles. The van der Waals surface area contributed by atoms with Gasteiger partial charge in [0, 0.05) is 45.5 Å². The number of benzene rings is 1. The van der Waals surface area contributed by atoms with Crippen LogP contribution in [0, 0.1) is 5.82 Å². The van der Waals surface area contributed by atoms with Crippen LogP contribution in [0.3, 0.4) is 0 Å². The van der Waals surface area contributed by atoms with Crippen LogP contribution in [0.1, 0.15) is 40.8 Å². The summed E-state index contributed by atoms with van der Waals surface area (Å²) in [6.45, 7) is 2.79. The minimum Gasteiger partial charge on any atom is -0.492 e. The van der Waals surface area contributed by atoms with E-state index in [0.717, 1.165) is 24.7 Å². The molecule has 2 aromatic heterocycles. The number of pyridine rings is 1. The highest BCUT2D eigenvalue weighted by Crippen LogP contribution is 2.43. The third kappa shape index (κ3) is 5.30. The summed E-state index contributed by atoms with van der Waals surface area (Å²) in [7, 11) is 2.92. The van der Waals surface area contributed by atoms with E-state index < -0.39 is 23.2 Å². The fourth-order valence-electron chi connectivity index (χ4n) is 4.83. The van der Waals surface area contributed by atoms with Crippen molar-refractivity contribution in [3.05, 3.63) is 57.5 Å². The van der Waals surface area contributed by atoms with Crippen molar-refractivity contribution in [2.75, 3.05) is 45.2 Å². The van der Waals surface area contributed by atoms with Gasteiger partial charge in [0.25, 0.3) is 0 Å². The van der Waals surface area contributed by atoms with Crippen molar-refractivity contribution in [2.45, 2.75) is 25.4 Å². The molecule has 3 heterocycles. The van der Waals surface area contributed by atoms with E-state index in [2.05, 4.69) is 20.7 Å². The molecule has 2 amide bonds. The maximum atomic E-state index is 15.5. The molecular formula is C26H29FN6O6. The van der Waals surface area contributed by atoms with E-state index in [4.69, 9.17) is 9.15 Å². The molecule has 0 bridgehead atoms. The molecule has 13 heteroatoms. The summed E-state index contributed by atoms with van der Waals surface area (Å²) in [5.74, 6) is -0.514. The molecule has 1 aromatic carbocycles. The van der Waals surface area contributed by atoms with Crippen LogP contribution in [-0.2, 0) is 6.54 Å². The van der Waals surface area contributed by atoms with E-state index in [1.807, 2.05) is 11.0 Å². The Hall–Kier alpha value is -4.39. The van der Waals surface area contributed by atoms with Crippen molar-refractivity contribution in [2.24, 2.45) is 5.10 Å². The van der Waals surface area contributed by atoms with Crippen LogP contribution >= 0.6 is 0 Å². The summed E-state index contributed by atoms with van der Waals surface area (Å²) in [5, 5.41) is 15.7. The maximum absolute atomic E-state index is 15.5. The van der Waals surface area contributed by atoms with Gasteiger partial charge in [-0.3, -0.25) is 9.69 Å². The Balaban J connectivity index is 1.35. The second kappa shape index (κ2) is 10.8. The molecule has 0 radical (unpaired) electrons. The van der Waals surface area contributed by atoms with Gasteiger partial charge in [-0.1, -0.05) is 0 Å². The smallest absolute Gasteiger partial charge is 0.341 e. The van der Waals surface area contributed by atoms with Gasteiger partial charge >= 0.3 is 12.0 Å². The van der Waals surface area contributed by atoms with Crippen molar-refractivity contribution in [1.82, 2.24) is 20.2 Å². The molecule has 3 N–H and O–H groups in total. The molecule has 2 aliphatic rings. The first kappa shape index (κ1) is 26.2. The van der Waals surface area contributed by atoms with E-state index in [1.54, 1.807) is 10.6 Å². The largest absolute Gasteiger partial charge is 0.492 e. The van der Waals surface area contributed by atoms with Gasteiger partial charge in [-0.15, -0.1) is 0 Å². The Morgan fingerprint density at radius 3 is 2.64 bits per heavy atom. The fourth-order valence-corrected chi connectivity index (χ4v) is 4.83. The SMILES string of the molecule is CNC(=O)N/N=C/c1ccc(CN2CCN(c3c(F)cc4c(=O)c(C(=O)O)cn(C5CC5)c4c3OC)CC2)o1. The minimum atomic E-state index is -1.34. The zero-order valence-corrected chi connectivity index (χ0v) is 21.6. The zero-order valence-electron chi connectivity index (χ0n) is 21.6. The van der Waals surface area contributed by atoms with Crippen molar-refractivity contribution in [3.8, 4) is 5.75 Å². The normalized spacial score (nSPS) is 16.1. The highest BCUT2D eigenvalue weighted by atomic mass is 19.1. The monoisotopic (exact) mass is 540 g/mol. The van der Waals surface area contributed by atoms with Crippen LogP contribution in [0.4, 0.5) is 14.9 Å². The Bertz CT molecular complexity index is 1500. The number of hydrazone groups is 1. The number of rotatable bonds is 8. The Labute approximate surface area is 222 Å². The van der Waals surface area contributed by atoms with Crippen LogP contribution < -0.4 is 25.8 Å². The molecule has 0 unspecified atom stereocenters. The number of halogens is 1. The summed E-state index contributed by atoms with van der Waals surface area (Å²) in [5.41, 5.74) is 1.88. The predicted molar refractivity (Wildman–Crippen MR) is 141 cm³/mol. The molecule has 12 nitrogen and oxygen atoms in total. The number of nitrogens with one attached hydrogen (secondary N) is 2. The number of carbonyl (C=O) groups excluding carboxylic acids is 1. The number of anilines is 1. The van der Waals surface area contributed by atoms with Crippen LogP contribution in [-0.4, -0.2) is 73.1 Å². The summed E-state index contributed by atoms with van der Waals surface area (Å²) in [4.78, 5) is 39.8. The molecule has 1 aliphatic carbocycles. The Kier molecular flexibility index (Phi) is 7.24. The molecule has 0 spiro atoms. The van der Waals surface area contributed by atoms with E-state index in [9.17, 15) is 19.5 Å². The summed E-state index contributed by atoms with van der Waals surface area (Å²) in [6.07, 6.45) is 4.45. The zero-order chi connectivity index (χ0) is 27.7. The standard InChI is InChI=1S/C26H29FN6O6/c1-28-26(37)30-29-12-16-5-6-17(39-16)13-31-7-9-32(10-8-31)22-20(27)11-18-21(24(22)38-2)33(15-3-4-15)14-19(23(18)34)25(35)36/h5-6,11-12,14-15H,3-4,7-10,13H2,1-2H3,(H,35,36)(H2,28,30,37)/b29-12+. The first-order chi connectivity index (χ1) is 18.8. The van der Waals surface area contributed by atoms with Crippen molar-refractivity contribution in [3.63, 3.8) is 0 Å². The average Bonchev–Trinajstić information content (AvgIpc) is 3.68. The number of amides is 2. The number of fused-ring (bicyclic) bond motifs is 1. The second-order valence-electron chi connectivity index (χ2n) is 9.47. The lowest BCUT2D eigenvalue weighted by Crippen LogP contribution is -2.46. The number of aromatic carboxylic acids is 1. The van der Waals surface area contributed by atoms with E-state index in [-0.39, 0.29) is 28.4 Å². The van der Waals surface area contributed by atoms with E-state index >= 15 is 4.39 Å². The highest BCUT2D eigenvalue weighted by Gasteiger charge is 2.32. The highest BCUT2D eigenvalue weighted by molar-refractivity contribution is 5.97. The summed E-state index contributed by atoms with van der Waals surface area (Å²) < 4.78 is 28.7. The lowest BCUT2D eigenvalue weighted by Gasteiger charge is -2.36. The quantitative estimate of drug-likeness (QED) is 0.292. The Morgan fingerprint density at radius 1 is 1.26 bits per heavy atom. The first-order valence-corrected chi connectivity index (χ1v) is 12.6. The summed E-state index contributed by atoms with van der Waals surface area (Å²) in [6, 6.07) is 4.33. The minimum absolute atomic E-state index is 0.00113. The van der Waals surface area contributed by atoms with Crippen LogP contribution in [0.2, 0.25) is 0 Å². The average molecular weight is 541 g/mol. The third-order valence-electron chi connectivity index (χ3n) is 6.91. The number of carbonyl (C=O) groups is 2. The van der Waals surface area contributed by atoms with Crippen LogP contribution in [0.5, 0.6) is 5.75 Å². The molecule has 206 valence electrons. The van der Waals surface area contributed by atoms with Gasteiger partial charge in [0.05, 0.1) is 30.8 Å². The maximum Gasteiger partial charge on any atom is 0.341 e. The number of ether oxygens (including phenoxy) is 1. The van der Waals surface area contributed by atoms with E-state index in [1.165, 1.54) is 26.6 Å². The number of urea groups is 1. The van der Waals surface area contributed by atoms with Crippen molar-refractivity contribution in [1.29, 1.82) is 0 Å². The Morgan fingerprint density at radius 2 is 2.00 bits per heavy atom. The van der Waals surface area contributed by atoms with Gasteiger partial charge in [0.15, 0.2) is 11.6 Å². The number of furan rings is 1. The van der Waals surface area contributed by atoms with E-state index in [0.29, 0.717) is 44.0 Å². The van der Waals surface area contributed by atoms with Gasteiger partial charge in [0.2, 0.25) is 5.43 Å². The van der Waals surface area contributed by atoms with Gasteiger partial charge < -0.3 is 29.0 Å². The number of carboxylic acid groups (broad SMARTS) is 1. The number of piperazine rings is 1. The topological polar surface area (TPSA) is 142 Å². The van der Waals surface area contributed by atoms with Crippen molar-refractivity contribution < 1.29 is 28.2 Å². The van der Waals surface area contributed by atoms with Gasteiger partial charge in [-0.25, -0.2) is 19.4 Å². The molecule has 2 fully saturated rings. The molecule has 1 saturated carbocycles. The van der Waals surface area contributed by atoms with Gasteiger partial charge in [-0.2, -0.15) is 5.10 Å². The number of nitrogens with zero attached hydrogens (tertiary/aromatic N) is 4. The second-order valence-corrected chi connectivity index (χ2v) is 9.47. The first-order valence-electron chi connectivity index (χ1n) is 12.6. The van der Waals surface area contributed by atoms with Gasteiger partial charge in [0.1, 0.15) is 22.8 Å². The number of hydrogen-bond acceptors (Lipinski definition) is 8. The third-order valence-corrected chi connectivity index (χ3v) is 6.91. The molecule has 0 atom stereocenters. The number of aromatic nitrogens is 1. The molecule has 1 aliphatic heterocycles. The fraction of sp³-hybridized carbons (Fsp3) is 0.385. The summed E-state index contributed by atoms with van der Waals surface area (Å²) >= 11 is 0. The molecule has 5 rings (SSSR count). The number of hydrogen-bond donors (Lipinski definition) is 3. The van der Waals surface area contributed by atoms with Gasteiger partial charge in [-0.05, 0) is 31.0 Å². The predicted octanol–water partition coefficient (Wildman–Crippen LogP) is 2.36. The number of methoxy groups -OCH3 is 1. The molecular weight excluding hydrogens is 511 g/mol. The molecule has 39 heavy (non-hydrogen) atoms.